The van der Waals surface area contributed by atoms with Gasteiger partial charge in [-0.15, -0.1) is 0 Å². The molecule has 0 aromatic rings. The lowest BCUT2D eigenvalue weighted by molar-refractivity contribution is -0.267. The van der Waals surface area contributed by atoms with Crippen molar-refractivity contribution in [1.82, 2.24) is 10.6 Å². The molecule has 0 aliphatic heterocycles. The Morgan fingerprint density at radius 1 is 1.24 bits per heavy atom. The molecule has 0 aliphatic carbocycles. The Hall–Kier alpha value is -1.84. The van der Waals surface area contributed by atoms with E-state index in [9.17, 15) is 27.6 Å². The average molecular weight is 258 g/mol. The summed E-state index contributed by atoms with van der Waals surface area (Å²) in [5.74, 6) is -3.11. The maximum absolute atomic E-state index is 12.4. The van der Waals surface area contributed by atoms with Crippen LogP contribution in [0.1, 0.15) is 6.92 Å². The van der Waals surface area contributed by atoms with Crippen molar-refractivity contribution in [2.24, 2.45) is 0 Å². The van der Waals surface area contributed by atoms with E-state index in [2.05, 4.69) is 4.74 Å². The first-order valence-corrected chi connectivity index (χ1v) is 4.02. The Labute approximate surface area is 92.9 Å². The zero-order chi connectivity index (χ0) is 13.9. The van der Waals surface area contributed by atoms with Gasteiger partial charge in [0.05, 0.1) is 7.11 Å². The second-order valence-electron chi connectivity index (χ2n) is 2.84. The van der Waals surface area contributed by atoms with Crippen molar-refractivity contribution < 1.29 is 37.4 Å². The summed E-state index contributed by atoms with van der Waals surface area (Å²) in [4.78, 5) is 32.0. The average Bonchev–Trinajstić information content (AvgIpc) is 2.12. The highest BCUT2D eigenvalue weighted by molar-refractivity contribution is 5.95. The molecule has 0 unspecified atom stereocenters. The van der Waals surface area contributed by atoms with Crippen molar-refractivity contribution in [1.29, 1.82) is 0 Å². The van der Waals surface area contributed by atoms with Crippen LogP contribution in [0, 0.1) is 0 Å². The van der Waals surface area contributed by atoms with Gasteiger partial charge in [0, 0.05) is 6.92 Å². The summed E-state index contributed by atoms with van der Waals surface area (Å²) in [6.07, 6.45) is -5.51. The number of methoxy groups -OCH3 is 1. The quantitative estimate of drug-likeness (QED) is 0.447. The second kappa shape index (κ2) is 4.99. The molecule has 0 aromatic heterocycles. The van der Waals surface area contributed by atoms with E-state index in [0.29, 0.717) is 7.11 Å². The highest BCUT2D eigenvalue weighted by Gasteiger charge is 2.62. The molecular weight excluding hydrogens is 249 g/mol. The van der Waals surface area contributed by atoms with Gasteiger partial charge in [-0.05, 0) is 0 Å². The van der Waals surface area contributed by atoms with E-state index in [0.717, 1.165) is 12.2 Å². The van der Waals surface area contributed by atoms with Crippen LogP contribution in [0.2, 0.25) is 0 Å². The summed E-state index contributed by atoms with van der Waals surface area (Å²) >= 11 is 0. The SMILES string of the molecule is COC(=O)[C@](O)(NC(=O)NC(C)=O)C(F)(F)F. The molecule has 0 saturated carbocycles. The number of rotatable bonds is 2. The molecule has 0 heterocycles. The van der Waals surface area contributed by atoms with Crippen LogP contribution in [-0.2, 0) is 14.3 Å². The van der Waals surface area contributed by atoms with Gasteiger partial charge in [0.2, 0.25) is 5.91 Å². The third-order valence-electron chi connectivity index (χ3n) is 1.48. The molecule has 0 radical (unpaired) electrons. The van der Waals surface area contributed by atoms with Gasteiger partial charge in [0.15, 0.2) is 0 Å². The lowest BCUT2D eigenvalue weighted by Crippen LogP contribution is -2.66. The third-order valence-corrected chi connectivity index (χ3v) is 1.48. The third kappa shape index (κ3) is 3.59. The van der Waals surface area contributed by atoms with E-state index in [1.165, 1.54) is 5.32 Å². The molecule has 17 heavy (non-hydrogen) atoms. The van der Waals surface area contributed by atoms with Gasteiger partial charge in [-0.1, -0.05) is 0 Å². The summed E-state index contributed by atoms with van der Waals surface area (Å²) < 4.78 is 40.8. The number of nitrogens with one attached hydrogen (secondary N) is 2. The van der Waals surface area contributed by atoms with Crippen LogP contribution in [0.4, 0.5) is 18.0 Å². The first-order valence-electron chi connectivity index (χ1n) is 4.02. The number of hydrogen-bond donors (Lipinski definition) is 3. The monoisotopic (exact) mass is 258 g/mol. The van der Waals surface area contributed by atoms with Crippen molar-refractivity contribution in [3.8, 4) is 0 Å². The van der Waals surface area contributed by atoms with Crippen molar-refractivity contribution in [2.45, 2.75) is 18.8 Å². The number of urea groups is 1. The van der Waals surface area contributed by atoms with Crippen LogP contribution < -0.4 is 10.6 Å². The van der Waals surface area contributed by atoms with Crippen LogP contribution in [0.5, 0.6) is 0 Å². The van der Waals surface area contributed by atoms with Gasteiger partial charge < -0.3 is 9.84 Å². The molecular formula is C7H9F3N2O5. The maximum Gasteiger partial charge on any atom is 0.448 e. The molecule has 0 spiro atoms. The minimum atomic E-state index is -5.51. The molecule has 0 saturated heterocycles. The molecule has 0 rings (SSSR count). The largest absolute Gasteiger partial charge is 0.465 e. The maximum atomic E-state index is 12.4. The predicted molar refractivity (Wildman–Crippen MR) is 45.4 cm³/mol. The Balaban J connectivity index is 5.04. The fraction of sp³-hybridized carbons (Fsp3) is 0.571. The van der Waals surface area contributed by atoms with Gasteiger partial charge in [-0.25, -0.2) is 9.59 Å². The Morgan fingerprint density at radius 3 is 2.00 bits per heavy atom. The van der Waals surface area contributed by atoms with Gasteiger partial charge in [0.25, 0.3) is 0 Å². The standard InChI is InChI=1S/C7H9F3N2O5/c1-3(13)11-5(15)12-6(16,4(14)17-2)7(8,9)10/h16H,1-2H3,(H2,11,12,13,15)/t6-/m1/s1. The van der Waals surface area contributed by atoms with Crippen LogP contribution in [0.25, 0.3) is 0 Å². The van der Waals surface area contributed by atoms with E-state index < -0.39 is 29.8 Å². The number of halogens is 3. The van der Waals surface area contributed by atoms with Crippen LogP contribution in [0.3, 0.4) is 0 Å². The van der Waals surface area contributed by atoms with E-state index in [1.807, 2.05) is 0 Å². The zero-order valence-corrected chi connectivity index (χ0v) is 8.71. The molecule has 0 fully saturated rings. The molecule has 0 aromatic carbocycles. The van der Waals surface area contributed by atoms with E-state index >= 15 is 0 Å². The summed E-state index contributed by atoms with van der Waals surface area (Å²) in [7, 11) is 0.587. The molecule has 0 aliphatic rings. The van der Waals surface area contributed by atoms with Gasteiger partial charge in [-0.3, -0.25) is 15.4 Å². The molecule has 98 valence electrons. The smallest absolute Gasteiger partial charge is 0.448 e. The number of imide groups is 1. The van der Waals surface area contributed by atoms with Crippen LogP contribution in [-0.4, -0.2) is 42.0 Å². The fourth-order valence-corrected chi connectivity index (χ4v) is 0.741. The highest BCUT2D eigenvalue weighted by Crippen LogP contribution is 2.29. The molecule has 10 heteroatoms. The summed E-state index contributed by atoms with van der Waals surface area (Å²) in [5.41, 5.74) is -4.22. The molecule has 0 bridgehead atoms. The lowest BCUT2D eigenvalue weighted by Gasteiger charge is -2.27. The number of aliphatic hydroxyl groups is 1. The second-order valence-corrected chi connectivity index (χ2v) is 2.84. The topological polar surface area (TPSA) is 105 Å². The minimum Gasteiger partial charge on any atom is -0.465 e. The Kier molecular flexibility index (Phi) is 4.45. The fourth-order valence-electron chi connectivity index (χ4n) is 0.741. The number of carbonyl (C=O) groups excluding carboxylic acids is 3. The van der Waals surface area contributed by atoms with Crippen LogP contribution >= 0.6 is 0 Å². The number of esters is 1. The van der Waals surface area contributed by atoms with Gasteiger partial charge in [0.1, 0.15) is 0 Å². The molecule has 3 N–H and O–H groups in total. The Bertz CT molecular complexity index is 343. The van der Waals surface area contributed by atoms with Gasteiger partial charge >= 0.3 is 23.9 Å². The number of ether oxygens (including phenoxy) is 1. The van der Waals surface area contributed by atoms with Crippen molar-refractivity contribution in [3.63, 3.8) is 0 Å². The number of carbonyl (C=O) groups is 3. The van der Waals surface area contributed by atoms with Crippen LogP contribution in [0.15, 0.2) is 0 Å². The minimum absolute atomic E-state index is 0.587. The lowest BCUT2D eigenvalue weighted by atomic mass is 10.2. The number of amides is 3. The number of hydrogen-bond acceptors (Lipinski definition) is 5. The normalized spacial score (nSPS) is 14.5. The van der Waals surface area contributed by atoms with Crippen molar-refractivity contribution in [2.75, 3.05) is 7.11 Å². The molecule has 7 nitrogen and oxygen atoms in total. The van der Waals surface area contributed by atoms with Crippen molar-refractivity contribution >= 4 is 17.9 Å². The summed E-state index contributed by atoms with van der Waals surface area (Å²) in [6, 6.07) is -1.69. The molecule has 1 atom stereocenters. The summed E-state index contributed by atoms with van der Waals surface area (Å²) in [6.45, 7) is 0.852. The van der Waals surface area contributed by atoms with E-state index in [-0.39, 0.29) is 0 Å². The van der Waals surface area contributed by atoms with Crippen molar-refractivity contribution in [3.05, 3.63) is 0 Å². The summed E-state index contributed by atoms with van der Waals surface area (Å²) in [5, 5.41) is 11.3. The van der Waals surface area contributed by atoms with Gasteiger partial charge in [-0.2, -0.15) is 13.2 Å². The van der Waals surface area contributed by atoms with E-state index in [4.69, 9.17) is 5.11 Å². The van der Waals surface area contributed by atoms with E-state index in [1.54, 1.807) is 0 Å². The first-order chi connectivity index (χ1) is 7.54. The Morgan fingerprint density at radius 2 is 1.71 bits per heavy atom. The molecule has 3 amide bonds. The predicted octanol–water partition coefficient (Wildman–Crippen LogP) is -0.744. The zero-order valence-electron chi connectivity index (χ0n) is 8.71. The number of alkyl halides is 3. The first kappa shape index (κ1) is 15.2. The highest BCUT2D eigenvalue weighted by atomic mass is 19.4.